The van der Waals surface area contributed by atoms with Crippen LogP contribution in [-0.2, 0) is 4.79 Å². The van der Waals surface area contributed by atoms with Crippen LogP contribution < -0.4 is 10.2 Å². The normalized spacial score (nSPS) is 27.4. The topological polar surface area (TPSA) is 58.1 Å². The van der Waals surface area contributed by atoms with Crippen molar-refractivity contribution in [1.29, 1.82) is 0 Å². The number of hydrogen-bond donors (Lipinski definition) is 1. The summed E-state index contributed by atoms with van der Waals surface area (Å²) in [6.07, 6.45) is 7.68. The van der Waals surface area contributed by atoms with E-state index in [1.807, 2.05) is 17.3 Å². The third-order valence-corrected chi connectivity index (χ3v) is 4.15. The number of carbonyl (C=O) groups excluding carboxylic acids is 1. The molecule has 2 fully saturated rings. The number of carbonyl (C=O) groups is 1. The third-order valence-electron chi connectivity index (χ3n) is 4.15. The molecule has 2 aliphatic rings. The molecule has 0 aromatic carbocycles. The zero-order chi connectivity index (χ0) is 13.2. The van der Waals surface area contributed by atoms with Crippen molar-refractivity contribution in [2.24, 2.45) is 5.92 Å². The molecule has 3 rings (SSSR count). The lowest BCUT2D eigenvalue weighted by atomic mass is 10.00. The van der Waals surface area contributed by atoms with Gasteiger partial charge in [0.25, 0.3) is 0 Å². The van der Waals surface area contributed by atoms with E-state index in [4.69, 9.17) is 0 Å². The van der Waals surface area contributed by atoms with E-state index >= 15 is 0 Å². The molecule has 1 saturated carbocycles. The Hall–Kier alpha value is -1.65. The minimum Gasteiger partial charge on any atom is -0.353 e. The van der Waals surface area contributed by atoms with E-state index < -0.39 is 0 Å². The molecule has 1 aliphatic carbocycles. The predicted molar refractivity (Wildman–Crippen MR) is 73.0 cm³/mol. The Bertz CT molecular complexity index is 459. The molecule has 1 aliphatic heterocycles. The smallest absolute Gasteiger partial charge is 0.239 e. The quantitative estimate of drug-likeness (QED) is 0.871. The molecule has 19 heavy (non-hydrogen) atoms. The van der Waals surface area contributed by atoms with Crippen LogP contribution in [0.3, 0.4) is 0 Å². The van der Waals surface area contributed by atoms with Crippen molar-refractivity contribution in [3.05, 3.63) is 18.0 Å². The molecule has 1 amide bonds. The SMILES string of the molecule is CC1CC[C@@H](c2cnc(N3CCNC(=O)C3)nc2)C1. The van der Waals surface area contributed by atoms with Crippen molar-refractivity contribution in [3.8, 4) is 0 Å². The van der Waals surface area contributed by atoms with Crippen LogP contribution in [0.2, 0.25) is 0 Å². The molecule has 2 atom stereocenters. The van der Waals surface area contributed by atoms with Crippen LogP contribution in [0.15, 0.2) is 12.4 Å². The predicted octanol–water partition coefficient (Wildman–Crippen LogP) is 1.32. The Kier molecular flexibility index (Phi) is 3.36. The summed E-state index contributed by atoms with van der Waals surface area (Å²) in [5.74, 6) is 2.15. The van der Waals surface area contributed by atoms with E-state index in [-0.39, 0.29) is 5.91 Å². The van der Waals surface area contributed by atoms with Crippen LogP contribution in [0.1, 0.15) is 37.7 Å². The summed E-state index contributed by atoms with van der Waals surface area (Å²) in [5.41, 5.74) is 1.24. The molecule has 1 saturated heterocycles. The molecule has 5 heteroatoms. The fourth-order valence-electron chi connectivity index (χ4n) is 3.02. The lowest BCUT2D eigenvalue weighted by molar-refractivity contribution is -0.120. The molecule has 0 radical (unpaired) electrons. The highest BCUT2D eigenvalue weighted by Crippen LogP contribution is 2.37. The van der Waals surface area contributed by atoms with Crippen LogP contribution in [0.25, 0.3) is 0 Å². The Labute approximate surface area is 113 Å². The van der Waals surface area contributed by atoms with Gasteiger partial charge in [0.15, 0.2) is 0 Å². The number of aromatic nitrogens is 2. The molecule has 1 aromatic heterocycles. The summed E-state index contributed by atoms with van der Waals surface area (Å²) in [4.78, 5) is 22.2. The van der Waals surface area contributed by atoms with E-state index in [1.54, 1.807) is 0 Å². The number of amides is 1. The number of nitrogens with zero attached hydrogens (tertiary/aromatic N) is 3. The fraction of sp³-hybridized carbons (Fsp3) is 0.643. The average molecular weight is 260 g/mol. The molecule has 102 valence electrons. The number of hydrogen-bond acceptors (Lipinski definition) is 4. The van der Waals surface area contributed by atoms with Crippen molar-refractivity contribution >= 4 is 11.9 Å². The summed E-state index contributed by atoms with van der Waals surface area (Å²) in [7, 11) is 0. The van der Waals surface area contributed by atoms with Crippen molar-refractivity contribution < 1.29 is 4.79 Å². The van der Waals surface area contributed by atoms with Gasteiger partial charge in [0, 0.05) is 25.5 Å². The Balaban J connectivity index is 1.70. The lowest BCUT2D eigenvalue weighted by Gasteiger charge is -2.26. The lowest BCUT2D eigenvalue weighted by Crippen LogP contribution is -2.48. The first-order valence-corrected chi connectivity index (χ1v) is 7.06. The van der Waals surface area contributed by atoms with Gasteiger partial charge in [-0.3, -0.25) is 4.79 Å². The number of nitrogens with one attached hydrogen (secondary N) is 1. The van der Waals surface area contributed by atoms with E-state index in [0.29, 0.717) is 25.0 Å². The maximum Gasteiger partial charge on any atom is 0.239 e. The van der Waals surface area contributed by atoms with Crippen molar-refractivity contribution in [3.63, 3.8) is 0 Å². The Morgan fingerprint density at radius 1 is 1.32 bits per heavy atom. The third kappa shape index (κ3) is 2.69. The average Bonchev–Trinajstić information content (AvgIpc) is 2.86. The van der Waals surface area contributed by atoms with Crippen molar-refractivity contribution in [2.75, 3.05) is 24.5 Å². The minimum atomic E-state index is 0.0449. The van der Waals surface area contributed by atoms with Crippen LogP contribution in [0.4, 0.5) is 5.95 Å². The standard InChI is InChI=1S/C14H20N4O/c1-10-2-3-11(6-10)12-7-16-14(17-8-12)18-5-4-15-13(19)9-18/h7-8,10-11H,2-6,9H2,1H3,(H,15,19)/t10?,11-/m1/s1. The number of anilines is 1. The summed E-state index contributed by atoms with van der Waals surface area (Å²) in [6.45, 7) is 4.12. The van der Waals surface area contributed by atoms with Gasteiger partial charge in [0.2, 0.25) is 11.9 Å². The second kappa shape index (κ2) is 5.15. The first-order valence-electron chi connectivity index (χ1n) is 7.06. The van der Waals surface area contributed by atoms with Gasteiger partial charge in [-0.1, -0.05) is 13.3 Å². The maximum atomic E-state index is 11.4. The fourth-order valence-corrected chi connectivity index (χ4v) is 3.02. The van der Waals surface area contributed by atoms with Crippen LogP contribution >= 0.6 is 0 Å². The van der Waals surface area contributed by atoms with Gasteiger partial charge in [0.1, 0.15) is 0 Å². The van der Waals surface area contributed by atoms with Gasteiger partial charge in [-0.2, -0.15) is 0 Å². The zero-order valence-electron chi connectivity index (χ0n) is 11.3. The van der Waals surface area contributed by atoms with Gasteiger partial charge >= 0.3 is 0 Å². The summed E-state index contributed by atoms with van der Waals surface area (Å²) < 4.78 is 0. The highest BCUT2D eigenvalue weighted by Gasteiger charge is 2.24. The molecular formula is C14H20N4O. The van der Waals surface area contributed by atoms with Gasteiger partial charge < -0.3 is 10.2 Å². The molecule has 2 heterocycles. The van der Waals surface area contributed by atoms with E-state index in [9.17, 15) is 4.79 Å². The molecule has 1 N–H and O–H groups in total. The van der Waals surface area contributed by atoms with Gasteiger partial charge in [-0.25, -0.2) is 9.97 Å². The number of rotatable bonds is 2. The van der Waals surface area contributed by atoms with Gasteiger partial charge in [0.05, 0.1) is 6.54 Å². The molecule has 1 unspecified atom stereocenters. The first-order chi connectivity index (χ1) is 9.22. The van der Waals surface area contributed by atoms with Crippen molar-refractivity contribution in [1.82, 2.24) is 15.3 Å². The van der Waals surface area contributed by atoms with E-state index in [1.165, 1.54) is 24.8 Å². The summed E-state index contributed by atoms with van der Waals surface area (Å²) in [6, 6.07) is 0. The molecular weight excluding hydrogens is 240 g/mol. The van der Waals surface area contributed by atoms with Gasteiger partial charge in [-0.05, 0) is 30.2 Å². The maximum absolute atomic E-state index is 11.4. The molecule has 0 spiro atoms. The Morgan fingerprint density at radius 3 is 2.74 bits per heavy atom. The summed E-state index contributed by atoms with van der Waals surface area (Å²) in [5, 5.41) is 2.81. The summed E-state index contributed by atoms with van der Waals surface area (Å²) >= 11 is 0. The van der Waals surface area contributed by atoms with Crippen LogP contribution in [-0.4, -0.2) is 35.5 Å². The van der Waals surface area contributed by atoms with E-state index in [2.05, 4.69) is 22.2 Å². The zero-order valence-corrected chi connectivity index (χ0v) is 11.3. The molecule has 5 nitrogen and oxygen atoms in total. The largest absolute Gasteiger partial charge is 0.353 e. The number of piperazine rings is 1. The Morgan fingerprint density at radius 2 is 2.11 bits per heavy atom. The monoisotopic (exact) mass is 260 g/mol. The second-order valence-electron chi connectivity index (χ2n) is 5.70. The van der Waals surface area contributed by atoms with Crippen molar-refractivity contribution in [2.45, 2.75) is 32.1 Å². The minimum absolute atomic E-state index is 0.0449. The molecule has 1 aromatic rings. The van der Waals surface area contributed by atoms with E-state index in [0.717, 1.165) is 12.5 Å². The second-order valence-corrected chi connectivity index (χ2v) is 5.70. The van der Waals surface area contributed by atoms with Crippen LogP contribution in [0, 0.1) is 5.92 Å². The molecule has 0 bridgehead atoms. The highest BCUT2D eigenvalue weighted by molar-refractivity contribution is 5.81. The highest BCUT2D eigenvalue weighted by atomic mass is 16.2. The van der Waals surface area contributed by atoms with Gasteiger partial charge in [-0.15, -0.1) is 0 Å². The first kappa shape index (κ1) is 12.4. The van der Waals surface area contributed by atoms with Crippen LogP contribution in [0.5, 0.6) is 0 Å².